The van der Waals surface area contributed by atoms with Crippen molar-refractivity contribution in [3.8, 4) is 5.75 Å². The van der Waals surface area contributed by atoms with Gasteiger partial charge in [0.1, 0.15) is 17.6 Å². The summed E-state index contributed by atoms with van der Waals surface area (Å²) < 4.78 is 73.5. The topological polar surface area (TPSA) is 61.8 Å². The van der Waals surface area contributed by atoms with E-state index < -0.39 is 21.7 Å². The largest absolute Gasteiger partial charge is 0.534 e. The molecule has 1 atom stereocenters. The lowest BCUT2D eigenvalue weighted by Gasteiger charge is -2.22. The van der Waals surface area contributed by atoms with Gasteiger partial charge in [0, 0.05) is 6.42 Å². The molecule has 5 nitrogen and oxygen atoms in total. The van der Waals surface area contributed by atoms with Crippen molar-refractivity contribution < 1.29 is 35.2 Å². The second-order valence-corrected chi connectivity index (χ2v) is 5.97. The van der Waals surface area contributed by atoms with Crippen molar-refractivity contribution in [2.24, 2.45) is 0 Å². The Kier molecular flexibility index (Phi) is 4.66. The molecule has 9 heteroatoms. The Bertz CT molecular complexity index is 649. The molecule has 1 aromatic rings. The minimum Gasteiger partial charge on any atom is -0.497 e. The molecule has 22 heavy (non-hydrogen) atoms. The van der Waals surface area contributed by atoms with Gasteiger partial charge in [0.05, 0.1) is 13.7 Å². The van der Waals surface area contributed by atoms with Gasteiger partial charge < -0.3 is 13.7 Å². The normalized spacial score (nSPS) is 19.5. The molecule has 1 unspecified atom stereocenters. The van der Waals surface area contributed by atoms with E-state index in [4.69, 9.17) is 9.47 Å². The Balaban J connectivity index is 2.18. The molecule has 1 aromatic carbocycles. The standard InChI is InChI=1S/C13H13F3O5S/c1-19-10-4-2-9(3-5-10)12-8-11(6-7-20-12)21-22(17,18)13(14,15)16/h2-5,8,12H,6-7H2,1H3. The summed E-state index contributed by atoms with van der Waals surface area (Å²) in [6.45, 7) is 0.0515. The highest BCUT2D eigenvalue weighted by molar-refractivity contribution is 7.87. The Labute approximate surface area is 125 Å². The third-order valence-electron chi connectivity index (χ3n) is 2.93. The highest BCUT2D eigenvalue weighted by Crippen LogP contribution is 2.32. The van der Waals surface area contributed by atoms with Crippen LogP contribution in [0, 0.1) is 0 Å². The van der Waals surface area contributed by atoms with Gasteiger partial charge in [-0.2, -0.15) is 21.6 Å². The molecule has 1 aliphatic heterocycles. The molecular formula is C13H13F3O5S. The smallest absolute Gasteiger partial charge is 0.497 e. The number of hydrogen-bond donors (Lipinski definition) is 0. The van der Waals surface area contributed by atoms with Crippen molar-refractivity contribution in [2.45, 2.75) is 18.0 Å². The van der Waals surface area contributed by atoms with Gasteiger partial charge in [0.25, 0.3) is 0 Å². The van der Waals surface area contributed by atoms with Gasteiger partial charge >= 0.3 is 15.6 Å². The van der Waals surface area contributed by atoms with Crippen molar-refractivity contribution in [1.82, 2.24) is 0 Å². The second-order valence-electron chi connectivity index (χ2n) is 4.43. The Morgan fingerprint density at radius 2 is 1.86 bits per heavy atom. The van der Waals surface area contributed by atoms with Crippen LogP contribution in [0.5, 0.6) is 5.75 Å². The van der Waals surface area contributed by atoms with E-state index in [0.717, 1.165) is 0 Å². The molecular weight excluding hydrogens is 325 g/mol. The molecule has 0 radical (unpaired) electrons. The number of rotatable bonds is 4. The van der Waals surface area contributed by atoms with Crippen molar-refractivity contribution in [2.75, 3.05) is 13.7 Å². The molecule has 122 valence electrons. The predicted molar refractivity (Wildman–Crippen MR) is 70.4 cm³/mol. The van der Waals surface area contributed by atoms with Gasteiger partial charge in [0.15, 0.2) is 0 Å². The molecule has 0 saturated carbocycles. The monoisotopic (exact) mass is 338 g/mol. The maximum atomic E-state index is 12.3. The average Bonchev–Trinajstić information content (AvgIpc) is 2.46. The first kappa shape index (κ1) is 16.6. The van der Waals surface area contributed by atoms with Crippen LogP contribution in [-0.4, -0.2) is 27.6 Å². The average molecular weight is 338 g/mol. The number of hydrogen-bond acceptors (Lipinski definition) is 5. The fourth-order valence-corrected chi connectivity index (χ4v) is 2.35. The lowest BCUT2D eigenvalue weighted by Crippen LogP contribution is -2.26. The third kappa shape index (κ3) is 3.72. The molecule has 0 amide bonds. The number of benzene rings is 1. The summed E-state index contributed by atoms with van der Waals surface area (Å²) in [6.07, 6.45) is 0.481. The fraction of sp³-hybridized carbons (Fsp3) is 0.385. The van der Waals surface area contributed by atoms with Gasteiger partial charge in [-0.15, -0.1) is 0 Å². The molecule has 0 aliphatic carbocycles. The second kappa shape index (κ2) is 6.17. The van der Waals surface area contributed by atoms with Crippen molar-refractivity contribution >= 4 is 10.1 Å². The number of methoxy groups -OCH3 is 1. The first-order valence-corrected chi connectivity index (χ1v) is 7.61. The molecule has 2 rings (SSSR count). The van der Waals surface area contributed by atoms with E-state index in [1.165, 1.54) is 13.2 Å². The van der Waals surface area contributed by atoms with E-state index in [0.29, 0.717) is 11.3 Å². The summed E-state index contributed by atoms with van der Waals surface area (Å²) in [7, 11) is -4.16. The SMILES string of the molecule is COc1ccc(C2C=C(OS(=O)(=O)C(F)(F)F)CCO2)cc1. The van der Waals surface area contributed by atoms with E-state index in [2.05, 4.69) is 4.18 Å². The first-order chi connectivity index (χ1) is 10.2. The van der Waals surface area contributed by atoms with E-state index in [9.17, 15) is 21.6 Å². The van der Waals surface area contributed by atoms with Crippen molar-refractivity contribution in [3.05, 3.63) is 41.7 Å². The fourth-order valence-electron chi connectivity index (χ4n) is 1.83. The summed E-state index contributed by atoms with van der Waals surface area (Å²) in [6, 6.07) is 6.66. The van der Waals surface area contributed by atoms with Gasteiger partial charge in [-0.1, -0.05) is 12.1 Å². The molecule has 0 aromatic heterocycles. The maximum absolute atomic E-state index is 12.3. The third-order valence-corrected chi connectivity index (χ3v) is 3.93. The van der Waals surface area contributed by atoms with E-state index in [-0.39, 0.29) is 18.8 Å². The van der Waals surface area contributed by atoms with Crippen LogP contribution in [-0.2, 0) is 19.0 Å². The summed E-state index contributed by atoms with van der Waals surface area (Å²) in [5.41, 5.74) is -4.81. The van der Waals surface area contributed by atoms with E-state index in [1.54, 1.807) is 24.3 Å². The molecule has 1 aliphatic rings. The lowest BCUT2D eigenvalue weighted by molar-refractivity contribution is -0.0530. The van der Waals surface area contributed by atoms with Crippen LogP contribution in [0.4, 0.5) is 13.2 Å². The number of alkyl halides is 3. The van der Waals surface area contributed by atoms with Crippen LogP contribution < -0.4 is 4.74 Å². The minimum absolute atomic E-state index is 0.0515. The van der Waals surface area contributed by atoms with E-state index in [1.807, 2.05) is 0 Å². The highest BCUT2D eigenvalue weighted by Gasteiger charge is 2.49. The van der Waals surface area contributed by atoms with Crippen LogP contribution in [0.3, 0.4) is 0 Å². The quantitative estimate of drug-likeness (QED) is 0.624. The van der Waals surface area contributed by atoms with Gasteiger partial charge in [0.2, 0.25) is 0 Å². The Hall–Kier alpha value is -1.74. The van der Waals surface area contributed by atoms with Crippen LogP contribution in [0.15, 0.2) is 36.1 Å². The Morgan fingerprint density at radius 3 is 2.41 bits per heavy atom. The lowest BCUT2D eigenvalue weighted by atomic mass is 10.1. The number of halogens is 3. The van der Waals surface area contributed by atoms with Crippen molar-refractivity contribution in [3.63, 3.8) is 0 Å². The minimum atomic E-state index is -5.66. The summed E-state index contributed by atoms with van der Waals surface area (Å²) in [4.78, 5) is 0. The Morgan fingerprint density at radius 1 is 1.23 bits per heavy atom. The molecule has 0 N–H and O–H groups in total. The molecule has 1 heterocycles. The maximum Gasteiger partial charge on any atom is 0.534 e. The van der Waals surface area contributed by atoms with Crippen LogP contribution >= 0.6 is 0 Å². The van der Waals surface area contributed by atoms with Gasteiger partial charge in [-0.3, -0.25) is 0 Å². The van der Waals surface area contributed by atoms with Crippen LogP contribution in [0.25, 0.3) is 0 Å². The molecule has 0 fully saturated rings. The highest BCUT2D eigenvalue weighted by atomic mass is 32.2. The molecule has 0 saturated heterocycles. The molecule has 0 spiro atoms. The van der Waals surface area contributed by atoms with Gasteiger partial charge in [-0.05, 0) is 23.8 Å². The van der Waals surface area contributed by atoms with Crippen LogP contribution in [0.1, 0.15) is 18.1 Å². The summed E-state index contributed by atoms with van der Waals surface area (Å²) in [5, 5.41) is 0. The predicted octanol–water partition coefficient (Wildman–Crippen LogP) is 2.91. The van der Waals surface area contributed by atoms with Crippen LogP contribution in [0.2, 0.25) is 0 Å². The van der Waals surface area contributed by atoms with Crippen molar-refractivity contribution in [1.29, 1.82) is 0 Å². The first-order valence-electron chi connectivity index (χ1n) is 6.20. The molecule has 0 bridgehead atoms. The number of ether oxygens (including phenoxy) is 2. The zero-order valence-corrected chi connectivity index (χ0v) is 12.3. The van der Waals surface area contributed by atoms with E-state index >= 15 is 0 Å². The zero-order chi connectivity index (χ0) is 16.4. The summed E-state index contributed by atoms with van der Waals surface area (Å²) >= 11 is 0. The van der Waals surface area contributed by atoms with Gasteiger partial charge in [-0.25, -0.2) is 0 Å². The summed E-state index contributed by atoms with van der Waals surface area (Å²) in [5.74, 6) is 0.323. The zero-order valence-electron chi connectivity index (χ0n) is 11.5.